The van der Waals surface area contributed by atoms with Crippen LogP contribution in [0.3, 0.4) is 0 Å². The Labute approximate surface area is 216 Å². The Kier molecular flexibility index (Phi) is 6.40. The standard InChI is InChI=1S/C25H24F2NO9S.Rf/c1-24(2,3)28-17-18-15(21(28)29)16(23(31)35-11-25(26,27)38(32,33)34)19(36-18)20(17)37-22(30)14-10-6-8-12-7-4-5-9-13(12)14;/h4-11,15-20H,1-3H3,(H,32,33,34);/q-1;/p-1. The number of benzene rings is 2. The van der Waals surface area contributed by atoms with Gasteiger partial charge in [-0.2, -0.15) is 0 Å². The predicted octanol–water partition coefficient (Wildman–Crippen LogP) is 2.23. The zero-order chi connectivity index (χ0) is 27.8. The summed E-state index contributed by atoms with van der Waals surface area (Å²) in [5.41, 5.74) is -0.548. The first-order valence-corrected chi connectivity index (χ1v) is 13.1. The Hall–Kier alpha value is -4.16. The van der Waals surface area contributed by atoms with Crippen LogP contribution in [0.1, 0.15) is 31.1 Å². The van der Waals surface area contributed by atoms with Gasteiger partial charge >= 0.3 is 5.97 Å². The van der Waals surface area contributed by atoms with Crippen molar-refractivity contribution in [2.45, 2.75) is 55.9 Å². The van der Waals surface area contributed by atoms with E-state index in [4.69, 9.17) is 9.47 Å². The van der Waals surface area contributed by atoms with Crippen molar-refractivity contribution in [3.8, 4) is 0 Å². The van der Waals surface area contributed by atoms with E-state index in [9.17, 15) is 36.1 Å². The quantitative estimate of drug-likeness (QED) is 0.244. The Bertz CT molecular complexity index is 1440. The molecule has 39 heavy (non-hydrogen) atoms. The smallest absolute Gasteiger partial charge is 0.339 e. The van der Waals surface area contributed by atoms with E-state index in [0.717, 1.165) is 5.39 Å². The molecule has 0 aliphatic carbocycles. The molecule has 6 unspecified atom stereocenters. The second kappa shape index (κ2) is 8.95. The van der Waals surface area contributed by atoms with Gasteiger partial charge in [-0.3, -0.25) is 9.59 Å². The minimum absolute atomic E-state index is 0. The Morgan fingerprint density at radius 2 is 1.72 bits per heavy atom. The molecule has 0 aromatic heterocycles. The maximum Gasteiger partial charge on any atom is 0.339 e. The summed E-state index contributed by atoms with van der Waals surface area (Å²) in [6, 6.07) is 11.4. The number of halogens is 2. The topological polar surface area (TPSA) is 139 Å². The minimum Gasteiger partial charge on any atom is -0.746 e. The molecule has 3 aliphatic rings. The third-order valence-electron chi connectivity index (χ3n) is 7.12. The molecule has 3 heterocycles. The van der Waals surface area contributed by atoms with E-state index >= 15 is 0 Å². The monoisotopic (exact) mass is 818 g/mol. The summed E-state index contributed by atoms with van der Waals surface area (Å²) in [5, 5.41) is -3.59. The van der Waals surface area contributed by atoms with Crippen LogP contribution in [0.2, 0.25) is 0 Å². The molecule has 14 heteroatoms. The number of hydrogen-bond acceptors (Lipinski definition) is 9. The summed E-state index contributed by atoms with van der Waals surface area (Å²) >= 11 is 0. The van der Waals surface area contributed by atoms with Gasteiger partial charge in [0, 0.05) is 5.54 Å². The molecular weight excluding hydrogens is 795 g/mol. The minimum atomic E-state index is -6.15. The zero-order valence-electron chi connectivity index (χ0n) is 21.1. The van der Waals surface area contributed by atoms with Gasteiger partial charge in [0.25, 0.3) is 11.2 Å². The summed E-state index contributed by atoms with van der Waals surface area (Å²) < 4.78 is 75.7. The van der Waals surface area contributed by atoms with Crippen LogP contribution in [0.25, 0.3) is 10.8 Å². The summed E-state index contributed by atoms with van der Waals surface area (Å²) in [6.07, 6.45) is -3.29. The molecule has 0 spiro atoms. The first-order chi connectivity index (χ1) is 17.6. The molecule has 0 N–H and O–H groups in total. The average Bonchev–Trinajstić information content (AvgIpc) is 3.44. The van der Waals surface area contributed by atoms with Crippen molar-refractivity contribution >= 4 is 38.7 Å². The Morgan fingerprint density at radius 3 is 2.36 bits per heavy atom. The molecule has 2 aromatic carbocycles. The summed E-state index contributed by atoms with van der Waals surface area (Å²) in [7, 11) is -6.15. The van der Waals surface area contributed by atoms with E-state index in [2.05, 4.69) is 4.74 Å². The van der Waals surface area contributed by atoms with Crippen molar-refractivity contribution in [1.82, 2.24) is 4.90 Å². The fourth-order valence-electron chi connectivity index (χ4n) is 5.66. The number of carbonyl (C=O) groups is 3. The van der Waals surface area contributed by atoms with Gasteiger partial charge in [0.1, 0.15) is 16.2 Å². The second-order valence-electron chi connectivity index (χ2n) is 10.5. The molecule has 5 rings (SSSR count). The van der Waals surface area contributed by atoms with E-state index in [-0.39, 0.29) is 5.56 Å². The van der Waals surface area contributed by atoms with Crippen molar-refractivity contribution in [2.24, 2.45) is 11.8 Å². The van der Waals surface area contributed by atoms with Gasteiger partial charge in [-0.1, -0.05) is 43.0 Å². The van der Waals surface area contributed by atoms with Gasteiger partial charge in [-0.05, 0) is 37.6 Å². The van der Waals surface area contributed by atoms with Crippen molar-refractivity contribution < 1.29 is 50.3 Å². The van der Waals surface area contributed by atoms with E-state index in [1.807, 2.05) is 18.2 Å². The number of alkyl halides is 2. The number of amides is 1. The summed E-state index contributed by atoms with van der Waals surface area (Å²) in [5.74, 6) is -5.28. The van der Waals surface area contributed by atoms with Crippen LogP contribution < -0.4 is 0 Å². The molecule has 3 saturated heterocycles. The van der Waals surface area contributed by atoms with Gasteiger partial charge in [0.15, 0.2) is 6.10 Å². The molecule has 10 nitrogen and oxygen atoms in total. The molecule has 6 atom stereocenters. The van der Waals surface area contributed by atoms with Crippen molar-refractivity contribution in [1.29, 1.82) is 0 Å². The molecule has 0 saturated carbocycles. The maximum atomic E-state index is 13.6. The molecule has 2 bridgehead atoms. The fraction of sp³-hybridized carbons (Fsp3) is 0.440. The Morgan fingerprint density at radius 1 is 1.08 bits per heavy atom. The van der Waals surface area contributed by atoms with Gasteiger partial charge in [0.05, 0.1) is 29.5 Å². The number of ether oxygens (including phenoxy) is 3. The number of carbonyl (C=O) groups excluding carboxylic acids is 3. The molecule has 0 radical (unpaired) electrons. The van der Waals surface area contributed by atoms with E-state index in [1.165, 1.54) is 4.90 Å². The van der Waals surface area contributed by atoms with Gasteiger partial charge < -0.3 is 23.7 Å². The number of hydrogen-bond donors (Lipinski definition) is 0. The van der Waals surface area contributed by atoms with E-state index in [1.54, 1.807) is 45.0 Å². The number of esters is 2. The summed E-state index contributed by atoms with van der Waals surface area (Å²) in [4.78, 5) is 41.1. The Balaban J connectivity index is 0.00000353. The SMILES string of the molecule is CC(C)(C)N1C(=O)C2C3OC(C(OC(=O)c4cccc5ccccc45)C31)C2C(=O)O[CH-]C(F)(F)S(=O)(=O)[O-].[Rf]. The van der Waals surface area contributed by atoms with Crippen LogP contribution in [0.5, 0.6) is 0 Å². The molecule has 2 aromatic rings. The van der Waals surface area contributed by atoms with Crippen molar-refractivity contribution in [3.05, 3.63) is 54.6 Å². The van der Waals surface area contributed by atoms with E-state index in [0.29, 0.717) is 5.39 Å². The van der Waals surface area contributed by atoms with Crippen molar-refractivity contribution in [2.75, 3.05) is 0 Å². The number of fused-ring (bicyclic) bond motifs is 2. The third kappa shape index (κ3) is 4.25. The third-order valence-corrected chi connectivity index (χ3v) is 7.88. The van der Waals surface area contributed by atoms with Crippen LogP contribution in [-0.4, -0.2) is 70.9 Å². The fourth-order valence-corrected chi connectivity index (χ4v) is 5.83. The molecule has 206 valence electrons. The van der Waals surface area contributed by atoms with Crippen LogP contribution in [0.15, 0.2) is 42.5 Å². The second-order valence-corrected chi connectivity index (χ2v) is 11.9. The molecular formula is C25H23F2NO9RfS-2. The molecule has 3 aliphatic heterocycles. The van der Waals surface area contributed by atoms with Gasteiger partial charge in [0.2, 0.25) is 5.91 Å². The van der Waals surface area contributed by atoms with Crippen molar-refractivity contribution in [3.63, 3.8) is 0 Å². The van der Waals surface area contributed by atoms with Crippen LogP contribution in [0.4, 0.5) is 8.78 Å². The van der Waals surface area contributed by atoms with E-state index < -0.39 is 81.6 Å². The molecule has 1 amide bonds. The van der Waals surface area contributed by atoms with Gasteiger partial charge in [-0.15, -0.1) is 0 Å². The van der Waals surface area contributed by atoms with Crippen LogP contribution >= 0.6 is 0 Å². The maximum absolute atomic E-state index is 13.6. The number of likely N-dealkylation sites (tertiary alicyclic amines) is 1. The van der Waals surface area contributed by atoms with Gasteiger partial charge in [-0.25, -0.2) is 22.0 Å². The average molecular weight is 819 g/mol. The summed E-state index contributed by atoms with van der Waals surface area (Å²) in [6.45, 7) is 4.56. The van der Waals surface area contributed by atoms with Crippen LogP contribution in [0, 0.1) is 18.4 Å². The first kappa shape index (κ1) is 27.9. The predicted molar refractivity (Wildman–Crippen MR) is 124 cm³/mol. The normalized spacial score (nSPS) is 27.9. The van der Waals surface area contributed by atoms with Crippen LogP contribution in [-0.2, 0) is 33.9 Å². The zero-order valence-corrected chi connectivity index (χ0v) is 28.3. The number of nitrogens with zero attached hydrogens (tertiary/aromatic N) is 1. The first-order valence-electron chi connectivity index (χ1n) is 11.7. The largest absolute Gasteiger partial charge is 0.746 e. The number of rotatable bonds is 6. The molecule has 3 fully saturated rings.